The molecule has 0 aromatic carbocycles. The minimum atomic E-state index is 0.385. The van der Waals surface area contributed by atoms with Gasteiger partial charge in [-0.15, -0.1) is 11.8 Å². The first-order valence-electron chi connectivity index (χ1n) is 5.10. The lowest BCUT2D eigenvalue weighted by Gasteiger charge is -2.16. The van der Waals surface area contributed by atoms with Gasteiger partial charge in [0, 0.05) is 17.5 Å². The molecule has 0 radical (unpaired) electrons. The van der Waals surface area contributed by atoms with Gasteiger partial charge in [0.2, 0.25) is 0 Å². The van der Waals surface area contributed by atoms with Gasteiger partial charge in [0.25, 0.3) is 0 Å². The molecule has 3 unspecified atom stereocenters. The molecule has 3 heteroatoms. The lowest BCUT2D eigenvalue weighted by atomic mass is 10.1. The maximum absolute atomic E-state index is 5.99. The molecule has 14 heavy (non-hydrogen) atoms. The molecular weight excluding hydrogens is 192 g/mol. The highest BCUT2D eigenvalue weighted by atomic mass is 32.2. The molecule has 1 saturated carbocycles. The Hall–Kier alpha value is -0.540. The number of hydrogen-bond acceptors (Lipinski definition) is 3. The molecule has 1 aliphatic carbocycles. The first-order valence-corrected chi connectivity index (χ1v) is 5.98. The van der Waals surface area contributed by atoms with Gasteiger partial charge in [0.05, 0.1) is 5.03 Å². The number of rotatable bonds is 2. The molecule has 2 N–H and O–H groups in total. The van der Waals surface area contributed by atoms with Gasteiger partial charge in [-0.25, -0.2) is 4.98 Å². The number of pyridine rings is 1. The number of nitrogens with two attached hydrogens (primary N) is 1. The molecule has 1 aliphatic rings. The first-order chi connectivity index (χ1) is 6.77. The summed E-state index contributed by atoms with van der Waals surface area (Å²) in [6.07, 6.45) is 4.23. The van der Waals surface area contributed by atoms with Crippen LogP contribution >= 0.6 is 11.8 Å². The van der Waals surface area contributed by atoms with Crippen LogP contribution in [0.2, 0.25) is 0 Å². The highest BCUT2D eigenvalue weighted by Crippen LogP contribution is 2.37. The van der Waals surface area contributed by atoms with Gasteiger partial charge in [-0.2, -0.15) is 0 Å². The van der Waals surface area contributed by atoms with Crippen LogP contribution in [0.25, 0.3) is 0 Å². The topological polar surface area (TPSA) is 38.9 Å². The Morgan fingerprint density at radius 3 is 2.86 bits per heavy atom. The number of thioether (sulfide) groups is 1. The second kappa shape index (κ2) is 4.32. The van der Waals surface area contributed by atoms with Crippen molar-refractivity contribution in [2.75, 3.05) is 0 Å². The molecule has 1 fully saturated rings. The van der Waals surface area contributed by atoms with Crippen molar-refractivity contribution < 1.29 is 0 Å². The fraction of sp³-hybridized carbons (Fsp3) is 0.545. The number of nitrogens with zero attached hydrogens (tertiary/aromatic N) is 1. The minimum absolute atomic E-state index is 0.385. The van der Waals surface area contributed by atoms with Crippen LogP contribution in [0, 0.1) is 5.92 Å². The van der Waals surface area contributed by atoms with E-state index in [9.17, 15) is 0 Å². The van der Waals surface area contributed by atoms with Gasteiger partial charge in [-0.05, 0) is 30.9 Å². The Morgan fingerprint density at radius 1 is 1.43 bits per heavy atom. The maximum Gasteiger partial charge on any atom is 0.0962 e. The van der Waals surface area contributed by atoms with Gasteiger partial charge in [0.1, 0.15) is 0 Å². The van der Waals surface area contributed by atoms with Crippen molar-refractivity contribution in [1.29, 1.82) is 0 Å². The first kappa shape index (κ1) is 9.99. The summed E-state index contributed by atoms with van der Waals surface area (Å²) in [6, 6.07) is 6.44. The van der Waals surface area contributed by atoms with Crippen LogP contribution in [0.1, 0.15) is 19.8 Å². The van der Waals surface area contributed by atoms with Crippen LogP contribution < -0.4 is 5.73 Å². The number of aromatic nitrogens is 1. The zero-order valence-corrected chi connectivity index (χ0v) is 9.20. The fourth-order valence-corrected chi connectivity index (χ4v) is 3.16. The third-order valence-electron chi connectivity index (χ3n) is 2.96. The molecular formula is C11H16N2S. The lowest BCUT2D eigenvalue weighted by Crippen LogP contribution is -2.26. The van der Waals surface area contributed by atoms with Crippen molar-refractivity contribution in [1.82, 2.24) is 4.98 Å². The van der Waals surface area contributed by atoms with Gasteiger partial charge < -0.3 is 5.73 Å². The molecule has 1 heterocycles. The van der Waals surface area contributed by atoms with E-state index in [0.717, 1.165) is 11.4 Å². The molecule has 1 aromatic rings. The molecule has 3 atom stereocenters. The predicted octanol–water partition coefficient (Wildman–Crippen LogP) is 2.30. The van der Waals surface area contributed by atoms with E-state index in [1.165, 1.54) is 6.42 Å². The Morgan fingerprint density at radius 2 is 2.29 bits per heavy atom. The minimum Gasteiger partial charge on any atom is -0.327 e. The van der Waals surface area contributed by atoms with E-state index >= 15 is 0 Å². The quantitative estimate of drug-likeness (QED) is 0.810. The fourth-order valence-electron chi connectivity index (χ4n) is 1.90. The largest absolute Gasteiger partial charge is 0.327 e. The molecule has 2 rings (SSSR count). The summed E-state index contributed by atoms with van der Waals surface area (Å²) in [7, 11) is 0. The average molecular weight is 208 g/mol. The van der Waals surface area contributed by atoms with Crippen molar-refractivity contribution in [3.8, 4) is 0 Å². The SMILES string of the molecule is CC1C(N)CCC1Sc1ccccn1. The van der Waals surface area contributed by atoms with E-state index in [2.05, 4.69) is 18.0 Å². The van der Waals surface area contributed by atoms with Crippen molar-refractivity contribution in [3.63, 3.8) is 0 Å². The predicted molar refractivity (Wildman–Crippen MR) is 60.3 cm³/mol. The van der Waals surface area contributed by atoms with E-state index < -0.39 is 0 Å². The Balaban J connectivity index is 1.99. The zero-order chi connectivity index (χ0) is 9.97. The van der Waals surface area contributed by atoms with Crippen molar-refractivity contribution in [2.45, 2.75) is 36.1 Å². The highest BCUT2D eigenvalue weighted by Gasteiger charge is 2.30. The van der Waals surface area contributed by atoms with Crippen molar-refractivity contribution >= 4 is 11.8 Å². The van der Waals surface area contributed by atoms with E-state index in [-0.39, 0.29) is 0 Å². The normalized spacial score (nSPS) is 32.0. The third-order valence-corrected chi connectivity index (χ3v) is 4.41. The van der Waals surface area contributed by atoms with Crippen LogP contribution in [-0.2, 0) is 0 Å². The summed E-state index contributed by atoms with van der Waals surface area (Å²) in [5.41, 5.74) is 5.99. The summed E-state index contributed by atoms with van der Waals surface area (Å²) in [5, 5.41) is 1.78. The molecule has 2 nitrogen and oxygen atoms in total. The molecule has 0 aliphatic heterocycles. The summed E-state index contributed by atoms with van der Waals surface area (Å²) in [6.45, 7) is 2.25. The van der Waals surface area contributed by atoms with E-state index in [0.29, 0.717) is 17.2 Å². The average Bonchev–Trinajstić information content (AvgIpc) is 2.52. The smallest absolute Gasteiger partial charge is 0.0962 e. The van der Waals surface area contributed by atoms with Gasteiger partial charge in [-0.1, -0.05) is 13.0 Å². The summed E-state index contributed by atoms with van der Waals surface area (Å²) in [5.74, 6) is 0.613. The molecule has 0 bridgehead atoms. The monoisotopic (exact) mass is 208 g/mol. The van der Waals surface area contributed by atoms with Gasteiger partial charge >= 0.3 is 0 Å². The van der Waals surface area contributed by atoms with Crippen LogP contribution in [0.3, 0.4) is 0 Å². The van der Waals surface area contributed by atoms with Crippen LogP contribution in [0.5, 0.6) is 0 Å². The lowest BCUT2D eigenvalue weighted by molar-refractivity contribution is 0.535. The standard InChI is InChI=1S/C11H16N2S/c1-8-9(12)5-6-10(8)14-11-4-2-3-7-13-11/h2-4,7-10H,5-6,12H2,1H3. The van der Waals surface area contributed by atoms with Gasteiger partial charge in [0.15, 0.2) is 0 Å². The van der Waals surface area contributed by atoms with Crippen molar-refractivity contribution in [2.24, 2.45) is 11.7 Å². The zero-order valence-electron chi connectivity index (χ0n) is 8.39. The summed E-state index contributed by atoms with van der Waals surface area (Å²) < 4.78 is 0. The Labute approximate surface area is 89.3 Å². The van der Waals surface area contributed by atoms with E-state index in [4.69, 9.17) is 5.73 Å². The third kappa shape index (κ3) is 2.10. The summed E-state index contributed by atoms with van der Waals surface area (Å²) in [4.78, 5) is 4.32. The molecule has 0 spiro atoms. The second-order valence-electron chi connectivity index (χ2n) is 3.92. The molecule has 76 valence electrons. The molecule has 1 aromatic heterocycles. The second-order valence-corrected chi connectivity index (χ2v) is 5.18. The van der Waals surface area contributed by atoms with Crippen molar-refractivity contribution in [3.05, 3.63) is 24.4 Å². The van der Waals surface area contributed by atoms with Crippen LogP contribution in [-0.4, -0.2) is 16.3 Å². The van der Waals surface area contributed by atoms with Crippen LogP contribution in [0.15, 0.2) is 29.4 Å². The van der Waals surface area contributed by atoms with Gasteiger partial charge in [-0.3, -0.25) is 0 Å². The highest BCUT2D eigenvalue weighted by molar-refractivity contribution is 7.99. The Kier molecular flexibility index (Phi) is 3.08. The van der Waals surface area contributed by atoms with E-state index in [1.54, 1.807) is 0 Å². The Bertz CT molecular complexity index is 289. The molecule has 0 amide bonds. The summed E-state index contributed by atoms with van der Waals surface area (Å²) >= 11 is 1.87. The maximum atomic E-state index is 5.99. The van der Waals surface area contributed by atoms with Crippen LogP contribution in [0.4, 0.5) is 0 Å². The molecule has 0 saturated heterocycles. The number of hydrogen-bond donors (Lipinski definition) is 1. The van der Waals surface area contributed by atoms with E-state index in [1.807, 2.05) is 30.1 Å².